The van der Waals surface area contributed by atoms with Gasteiger partial charge in [-0.05, 0) is 29.0 Å². The molecule has 6 rings (SSSR count). The molecular weight excluding hydrogens is 581 g/mol. The maximum absolute atomic E-state index is 10.8. The minimum Gasteiger partial charge on any atom is -0.476 e. The first-order valence-electron chi connectivity index (χ1n) is 9.80. The fourth-order valence-corrected chi connectivity index (χ4v) is 3.78. The summed E-state index contributed by atoms with van der Waals surface area (Å²) >= 11 is 0. The molecule has 0 amide bonds. The second kappa shape index (κ2) is 9.21. The maximum atomic E-state index is 10.8. The van der Waals surface area contributed by atoms with Crippen LogP contribution in [0.3, 0.4) is 0 Å². The zero-order valence-electron chi connectivity index (χ0n) is 16.8. The molecule has 0 bridgehead atoms. The van der Waals surface area contributed by atoms with Crippen LogP contribution in [-0.4, -0.2) is 26.0 Å². The molecule has 0 saturated carbocycles. The second-order valence-corrected chi connectivity index (χ2v) is 7.07. The molecule has 0 aliphatic carbocycles. The van der Waals surface area contributed by atoms with E-state index in [0.717, 1.165) is 32.6 Å². The number of nitrogens with zero attached hydrogens (tertiary/aromatic N) is 3. The Labute approximate surface area is 198 Å². The predicted octanol–water partition coefficient (Wildman–Crippen LogP) is 5.87. The van der Waals surface area contributed by atoms with Gasteiger partial charge in [-0.2, -0.15) is 0 Å². The van der Waals surface area contributed by atoms with E-state index in [1.165, 1.54) is 11.6 Å². The molecule has 0 atom stereocenters. The normalized spacial score (nSPS) is 10.5. The number of aromatic carboxylic acids is 1. The van der Waals surface area contributed by atoms with E-state index in [-0.39, 0.29) is 26.8 Å². The Bertz CT molecular complexity index is 1510. The van der Waals surface area contributed by atoms with Crippen LogP contribution in [0, 0.1) is 0 Å². The van der Waals surface area contributed by atoms with Gasteiger partial charge in [0, 0.05) is 61.2 Å². The van der Waals surface area contributed by atoms with E-state index in [9.17, 15) is 4.79 Å². The topological polar surface area (TPSA) is 76.0 Å². The van der Waals surface area contributed by atoms with Gasteiger partial charge in [-0.25, -0.2) is 9.78 Å². The molecular formula is C26H17N3O2Pt. The van der Waals surface area contributed by atoms with E-state index in [0.29, 0.717) is 5.39 Å². The first-order chi connectivity index (χ1) is 15.2. The molecule has 158 valence electrons. The molecule has 3 aromatic heterocycles. The molecule has 0 saturated heterocycles. The summed E-state index contributed by atoms with van der Waals surface area (Å²) in [5, 5.41) is 15.0. The summed E-state index contributed by atoms with van der Waals surface area (Å²) in [5.41, 5.74) is 2.16. The van der Waals surface area contributed by atoms with Gasteiger partial charge in [0.25, 0.3) is 0 Å². The zero-order valence-corrected chi connectivity index (χ0v) is 19.0. The van der Waals surface area contributed by atoms with Crippen molar-refractivity contribution in [2.24, 2.45) is 0 Å². The van der Waals surface area contributed by atoms with Gasteiger partial charge in [0.2, 0.25) is 0 Å². The minimum atomic E-state index is -0.989. The Hall–Kier alpha value is -3.69. The van der Waals surface area contributed by atoms with Crippen molar-refractivity contribution in [1.29, 1.82) is 0 Å². The number of fused-ring (bicyclic) bond motifs is 6. The van der Waals surface area contributed by atoms with Gasteiger partial charge in [-0.3, -0.25) is 9.97 Å². The van der Waals surface area contributed by atoms with Crippen LogP contribution in [0.5, 0.6) is 0 Å². The zero-order chi connectivity index (χ0) is 21.2. The van der Waals surface area contributed by atoms with Gasteiger partial charge in [-0.15, -0.1) is 0 Å². The van der Waals surface area contributed by atoms with Crippen LogP contribution in [0.25, 0.3) is 43.4 Å². The third kappa shape index (κ3) is 3.95. The fraction of sp³-hybridized carbons (Fsp3) is 0. The summed E-state index contributed by atoms with van der Waals surface area (Å²) in [4.78, 5) is 23.6. The predicted molar refractivity (Wildman–Crippen MR) is 123 cm³/mol. The van der Waals surface area contributed by atoms with Gasteiger partial charge < -0.3 is 5.11 Å². The van der Waals surface area contributed by atoms with E-state index >= 15 is 0 Å². The van der Waals surface area contributed by atoms with Gasteiger partial charge in [0.15, 0.2) is 5.69 Å². The molecule has 0 aliphatic heterocycles. The van der Waals surface area contributed by atoms with Crippen molar-refractivity contribution in [2.75, 3.05) is 0 Å². The Kier molecular flexibility index (Phi) is 6.20. The van der Waals surface area contributed by atoms with Crippen molar-refractivity contribution in [3.05, 3.63) is 103 Å². The van der Waals surface area contributed by atoms with Crippen molar-refractivity contribution >= 4 is 49.3 Å². The molecule has 5 nitrogen and oxygen atoms in total. The van der Waals surface area contributed by atoms with Crippen molar-refractivity contribution in [3.8, 4) is 0 Å². The van der Waals surface area contributed by atoms with Crippen LogP contribution in [0.1, 0.15) is 10.5 Å². The molecule has 0 unspecified atom stereocenters. The first kappa shape index (κ1) is 21.5. The summed E-state index contributed by atoms with van der Waals surface area (Å²) in [6.07, 6.45) is 5.18. The Morgan fingerprint density at radius 2 is 1.16 bits per heavy atom. The van der Waals surface area contributed by atoms with Gasteiger partial charge in [0.05, 0.1) is 11.0 Å². The average Bonchev–Trinajstić information content (AvgIpc) is 2.83. The van der Waals surface area contributed by atoms with Crippen molar-refractivity contribution in [1.82, 2.24) is 15.0 Å². The molecule has 3 heterocycles. The maximum Gasteiger partial charge on any atom is 0.355 e. The molecule has 0 aliphatic rings. The molecule has 0 spiro atoms. The van der Waals surface area contributed by atoms with E-state index < -0.39 is 5.97 Å². The number of hydrogen-bond donors (Lipinski definition) is 1. The molecule has 0 radical (unpaired) electrons. The van der Waals surface area contributed by atoms with E-state index in [2.05, 4.69) is 51.4 Å². The van der Waals surface area contributed by atoms with Crippen molar-refractivity contribution in [2.45, 2.75) is 0 Å². The summed E-state index contributed by atoms with van der Waals surface area (Å²) in [6.45, 7) is 0. The van der Waals surface area contributed by atoms with Crippen molar-refractivity contribution in [3.63, 3.8) is 0 Å². The standard InChI is InChI=1S/C16H10N2.C10H7NO2.Pt/c1-3-12-7-5-11-6-8-13-4-2-10-18-16(13)14(11)15(12)17-9-1;12-10(13)9-8-4-2-1-3-7(8)5-6-11-9;/h1-10H;1-6H,(H,12,13);. The minimum absolute atomic E-state index is 0. The number of carboxylic acids is 1. The van der Waals surface area contributed by atoms with E-state index in [1.54, 1.807) is 18.2 Å². The van der Waals surface area contributed by atoms with Crippen molar-refractivity contribution < 1.29 is 31.0 Å². The number of carboxylic acid groups (broad SMARTS) is 1. The third-order valence-electron chi connectivity index (χ3n) is 5.20. The van der Waals surface area contributed by atoms with Crippen LogP contribution in [0.4, 0.5) is 0 Å². The van der Waals surface area contributed by atoms with Crippen LogP contribution in [0.15, 0.2) is 97.5 Å². The summed E-state index contributed by atoms with van der Waals surface area (Å²) in [5.74, 6) is -0.989. The van der Waals surface area contributed by atoms with E-state index in [4.69, 9.17) is 5.11 Å². The number of carbonyl (C=O) groups is 1. The van der Waals surface area contributed by atoms with Gasteiger partial charge in [0.1, 0.15) is 0 Å². The number of rotatable bonds is 1. The summed E-state index contributed by atoms with van der Waals surface area (Å²) in [6, 6.07) is 25.7. The first-order valence-corrected chi connectivity index (χ1v) is 9.80. The van der Waals surface area contributed by atoms with Gasteiger partial charge >= 0.3 is 5.97 Å². The molecule has 1 N–H and O–H groups in total. The molecule has 3 aromatic carbocycles. The number of pyridine rings is 3. The average molecular weight is 599 g/mol. The molecule has 32 heavy (non-hydrogen) atoms. The molecule has 0 fully saturated rings. The number of hydrogen-bond acceptors (Lipinski definition) is 4. The van der Waals surface area contributed by atoms with Crippen LogP contribution in [-0.2, 0) is 21.1 Å². The SMILES string of the molecule is O=C(O)c1nccc2ccccc12.[Pt].c1cnc2c(c1)ccc1ccc3cccnc3c12. The number of aromatic nitrogens is 3. The fourth-order valence-electron chi connectivity index (χ4n) is 3.78. The quantitative estimate of drug-likeness (QED) is 0.240. The number of benzene rings is 3. The Balaban J connectivity index is 0.000000157. The Morgan fingerprint density at radius 3 is 1.78 bits per heavy atom. The smallest absolute Gasteiger partial charge is 0.355 e. The van der Waals surface area contributed by atoms with Gasteiger partial charge in [-0.1, -0.05) is 60.7 Å². The summed E-state index contributed by atoms with van der Waals surface area (Å²) < 4.78 is 0. The Morgan fingerprint density at radius 1 is 0.594 bits per heavy atom. The molecule has 6 aromatic rings. The summed E-state index contributed by atoms with van der Waals surface area (Å²) in [7, 11) is 0. The largest absolute Gasteiger partial charge is 0.476 e. The monoisotopic (exact) mass is 598 g/mol. The second-order valence-electron chi connectivity index (χ2n) is 7.07. The van der Waals surface area contributed by atoms with E-state index in [1.807, 2.05) is 36.7 Å². The van der Waals surface area contributed by atoms with Crippen LogP contribution >= 0.6 is 0 Å². The molecule has 6 heteroatoms. The van der Waals surface area contributed by atoms with Crippen LogP contribution < -0.4 is 0 Å². The van der Waals surface area contributed by atoms with Crippen LogP contribution in [0.2, 0.25) is 0 Å². The third-order valence-corrected chi connectivity index (χ3v) is 5.20.